The molecule has 6 nitrogen and oxygen atoms in total. The zero-order chi connectivity index (χ0) is 15.9. The summed E-state index contributed by atoms with van der Waals surface area (Å²) in [7, 11) is 1.46. The largest absolute Gasteiger partial charge is 0.496 e. The first kappa shape index (κ1) is 16.3. The van der Waals surface area contributed by atoms with Gasteiger partial charge in [-0.3, -0.25) is 9.59 Å². The van der Waals surface area contributed by atoms with Gasteiger partial charge in [-0.2, -0.15) is 0 Å². The van der Waals surface area contributed by atoms with Crippen LogP contribution in [0.4, 0.5) is 0 Å². The Morgan fingerprint density at radius 1 is 1.27 bits per heavy atom. The van der Waals surface area contributed by atoms with Gasteiger partial charge in [-0.15, -0.1) is 0 Å². The number of nitrogens with zero attached hydrogens (tertiary/aromatic N) is 1. The molecule has 1 heterocycles. The Morgan fingerprint density at radius 3 is 2.64 bits per heavy atom. The lowest BCUT2D eigenvalue weighted by molar-refractivity contribution is 0.0940. The van der Waals surface area contributed by atoms with Crippen molar-refractivity contribution in [3.8, 4) is 5.75 Å². The van der Waals surface area contributed by atoms with Gasteiger partial charge in [-0.05, 0) is 44.1 Å². The molecule has 0 aromatic heterocycles. The van der Waals surface area contributed by atoms with E-state index < -0.39 is 5.91 Å². The number of methoxy groups -OCH3 is 1. The number of primary amides is 1. The van der Waals surface area contributed by atoms with Crippen LogP contribution in [0.3, 0.4) is 0 Å². The Morgan fingerprint density at radius 2 is 2.00 bits per heavy atom. The van der Waals surface area contributed by atoms with E-state index in [1.807, 2.05) is 0 Å². The summed E-state index contributed by atoms with van der Waals surface area (Å²) in [5, 5.41) is 2.89. The van der Waals surface area contributed by atoms with Crippen molar-refractivity contribution < 1.29 is 14.3 Å². The molecule has 0 atom stereocenters. The Labute approximate surface area is 130 Å². The molecule has 2 rings (SSSR count). The molecule has 6 heteroatoms. The fourth-order valence-corrected chi connectivity index (χ4v) is 2.64. The normalized spacial score (nSPS) is 15.3. The molecule has 120 valence electrons. The molecule has 1 aromatic carbocycles. The molecule has 0 aliphatic carbocycles. The van der Waals surface area contributed by atoms with Crippen molar-refractivity contribution in [2.45, 2.75) is 19.3 Å². The molecule has 1 fully saturated rings. The van der Waals surface area contributed by atoms with Crippen molar-refractivity contribution in [1.82, 2.24) is 10.2 Å². The van der Waals surface area contributed by atoms with Gasteiger partial charge in [-0.25, -0.2) is 0 Å². The number of likely N-dealkylation sites (tertiary alicyclic amines) is 1. The van der Waals surface area contributed by atoms with Gasteiger partial charge in [0.15, 0.2) is 0 Å². The third-order valence-corrected chi connectivity index (χ3v) is 3.89. The highest BCUT2D eigenvalue weighted by atomic mass is 16.5. The summed E-state index contributed by atoms with van der Waals surface area (Å²) in [6.07, 6.45) is 3.76. The summed E-state index contributed by atoms with van der Waals surface area (Å²) in [6, 6.07) is 4.58. The van der Waals surface area contributed by atoms with Crippen LogP contribution in [0.5, 0.6) is 5.75 Å². The molecule has 0 radical (unpaired) electrons. The van der Waals surface area contributed by atoms with Crippen molar-refractivity contribution in [2.75, 3.05) is 33.3 Å². The van der Waals surface area contributed by atoms with Gasteiger partial charge in [0.2, 0.25) is 5.91 Å². The quantitative estimate of drug-likeness (QED) is 0.821. The lowest BCUT2D eigenvalue weighted by Crippen LogP contribution is -2.37. The highest BCUT2D eigenvalue weighted by molar-refractivity contribution is 5.99. The summed E-state index contributed by atoms with van der Waals surface area (Å²) in [4.78, 5) is 25.7. The lowest BCUT2D eigenvalue weighted by Gasteiger charge is -2.26. The second-order valence-electron chi connectivity index (χ2n) is 5.44. The monoisotopic (exact) mass is 305 g/mol. The van der Waals surface area contributed by atoms with Crippen LogP contribution in [-0.2, 0) is 0 Å². The van der Waals surface area contributed by atoms with Gasteiger partial charge in [-0.1, -0.05) is 6.42 Å². The number of hydrogen-bond donors (Lipinski definition) is 2. The van der Waals surface area contributed by atoms with Gasteiger partial charge in [0.05, 0.1) is 12.7 Å². The molecule has 3 N–H and O–H groups in total. The highest BCUT2D eigenvalue weighted by Gasteiger charge is 2.15. The summed E-state index contributed by atoms with van der Waals surface area (Å²) in [5.41, 5.74) is 5.96. The van der Waals surface area contributed by atoms with Crippen LogP contribution < -0.4 is 15.8 Å². The van der Waals surface area contributed by atoms with E-state index in [1.54, 1.807) is 6.07 Å². The molecule has 1 aliphatic heterocycles. The van der Waals surface area contributed by atoms with E-state index >= 15 is 0 Å². The minimum atomic E-state index is -0.546. The molecule has 0 bridgehead atoms. The predicted molar refractivity (Wildman–Crippen MR) is 84.1 cm³/mol. The number of rotatable bonds is 6. The first-order valence-electron chi connectivity index (χ1n) is 7.60. The number of piperidine rings is 1. The summed E-state index contributed by atoms with van der Waals surface area (Å²) in [5.74, 6) is -0.396. The Hall–Kier alpha value is -2.08. The number of ether oxygens (including phenoxy) is 1. The van der Waals surface area contributed by atoms with Crippen LogP contribution in [0.2, 0.25) is 0 Å². The molecule has 1 saturated heterocycles. The average molecular weight is 305 g/mol. The van der Waals surface area contributed by atoms with Crippen molar-refractivity contribution in [3.63, 3.8) is 0 Å². The third-order valence-electron chi connectivity index (χ3n) is 3.89. The lowest BCUT2D eigenvalue weighted by atomic mass is 10.1. The number of hydrogen-bond acceptors (Lipinski definition) is 4. The molecular formula is C16H23N3O3. The molecular weight excluding hydrogens is 282 g/mol. The second-order valence-corrected chi connectivity index (χ2v) is 5.44. The summed E-state index contributed by atoms with van der Waals surface area (Å²) >= 11 is 0. The van der Waals surface area contributed by atoms with Crippen LogP contribution in [0.25, 0.3) is 0 Å². The smallest absolute Gasteiger partial charge is 0.255 e. The Bertz CT molecular complexity index is 539. The minimum Gasteiger partial charge on any atom is -0.496 e. The Balaban J connectivity index is 1.92. The van der Waals surface area contributed by atoms with Crippen molar-refractivity contribution in [1.29, 1.82) is 0 Å². The summed E-state index contributed by atoms with van der Waals surface area (Å²) < 4.78 is 5.17. The minimum absolute atomic E-state index is 0.204. The zero-order valence-corrected chi connectivity index (χ0v) is 12.9. The maximum absolute atomic E-state index is 12.2. The van der Waals surface area contributed by atoms with Crippen molar-refractivity contribution in [2.24, 2.45) is 5.73 Å². The maximum Gasteiger partial charge on any atom is 0.255 e. The van der Waals surface area contributed by atoms with E-state index in [2.05, 4.69) is 10.2 Å². The first-order valence-corrected chi connectivity index (χ1v) is 7.60. The van der Waals surface area contributed by atoms with Crippen LogP contribution in [0.15, 0.2) is 18.2 Å². The second kappa shape index (κ2) is 7.79. The molecule has 0 spiro atoms. The van der Waals surface area contributed by atoms with Gasteiger partial charge in [0.1, 0.15) is 5.75 Å². The molecule has 0 saturated carbocycles. The molecule has 1 aliphatic rings. The molecule has 0 unspecified atom stereocenters. The summed E-state index contributed by atoms with van der Waals surface area (Å²) in [6.45, 7) is 3.66. The number of amides is 2. The first-order chi connectivity index (χ1) is 10.6. The van der Waals surface area contributed by atoms with Gasteiger partial charge < -0.3 is 20.7 Å². The number of nitrogens with one attached hydrogen (secondary N) is 1. The average Bonchev–Trinajstić information content (AvgIpc) is 2.55. The molecule has 1 aromatic rings. The van der Waals surface area contributed by atoms with E-state index in [4.69, 9.17) is 10.5 Å². The van der Waals surface area contributed by atoms with Gasteiger partial charge in [0, 0.05) is 18.7 Å². The van der Waals surface area contributed by atoms with E-state index in [0.717, 1.165) is 19.6 Å². The fraction of sp³-hybridized carbons (Fsp3) is 0.500. The number of carbonyl (C=O) groups is 2. The highest BCUT2D eigenvalue weighted by Crippen LogP contribution is 2.20. The maximum atomic E-state index is 12.2. The number of benzene rings is 1. The van der Waals surface area contributed by atoms with E-state index in [9.17, 15) is 9.59 Å². The van der Waals surface area contributed by atoms with Gasteiger partial charge in [0.25, 0.3) is 5.91 Å². The standard InChI is InChI=1S/C16H23N3O3/c1-22-14-11-12(15(17)20)5-6-13(14)16(21)18-7-10-19-8-3-2-4-9-19/h5-6,11H,2-4,7-10H2,1H3,(H2,17,20)(H,18,21). The van der Waals surface area contributed by atoms with Crippen LogP contribution in [0.1, 0.15) is 40.0 Å². The van der Waals surface area contributed by atoms with Crippen LogP contribution in [-0.4, -0.2) is 50.0 Å². The SMILES string of the molecule is COc1cc(C(N)=O)ccc1C(=O)NCCN1CCCCC1. The number of nitrogens with two attached hydrogens (primary N) is 1. The van der Waals surface area contributed by atoms with Crippen molar-refractivity contribution in [3.05, 3.63) is 29.3 Å². The van der Waals surface area contributed by atoms with Gasteiger partial charge >= 0.3 is 0 Å². The van der Waals surface area contributed by atoms with Crippen molar-refractivity contribution >= 4 is 11.8 Å². The topological polar surface area (TPSA) is 84.7 Å². The number of carbonyl (C=O) groups excluding carboxylic acids is 2. The molecule has 2 amide bonds. The molecule has 22 heavy (non-hydrogen) atoms. The van der Waals surface area contributed by atoms with E-state index in [-0.39, 0.29) is 5.91 Å². The predicted octanol–water partition coefficient (Wildman–Crippen LogP) is 1.01. The zero-order valence-electron chi connectivity index (χ0n) is 12.9. The van der Waals surface area contributed by atoms with E-state index in [1.165, 1.54) is 38.5 Å². The fourth-order valence-electron chi connectivity index (χ4n) is 2.64. The van der Waals surface area contributed by atoms with Crippen LogP contribution in [0, 0.1) is 0 Å². The van der Waals surface area contributed by atoms with E-state index in [0.29, 0.717) is 23.4 Å². The van der Waals surface area contributed by atoms with Crippen LogP contribution >= 0.6 is 0 Å². The Kier molecular flexibility index (Phi) is 5.77. The third kappa shape index (κ3) is 4.21.